The fourth-order valence-corrected chi connectivity index (χ4v) is 2.91. The summed E-state index contributed by atoms with van der Waals surface area (Å²) in [6.07, 6.45) is 0. The number of sulfonamides is 1. The van der Waals surface area contributed by atoms with Crippen LogP contribution in [0.25, 0.3) is 0 Å². The first-order chi connectivity index (χ1) is 9.79. The van der Waals surface area contributed by atoms with Crippen LogP contribution < -0.4 is 10.5 Å². The lowest BCUT2D eigenvalue weighted by atomic mass is 10.1. The number of nitrogens with one attached hydrogen (secondary N) is 1. The van der Waals surface area contributed by atoms with E-state index < -0.39 is 10.0 Å². The van der Waals surface area contributed by atoms with E-state index in [0.717, 1.165) is 0 Å². The van der Waals surface area contributed by atoms with Gasteiger partial charge in [-0.05, 0) is 37.3 Å². The summed E-state index contributed by atoms with van der Waals surface area (Å²) >= 11 is 5.77. The van der Waals surface area contributed by atoms with Crippen LogP contribution in [0, 0.1) is 0 Å². The summed E-state index contributed by atoms with van der Waals surface area (Å²) in [4.78, 5) is 11.3. The Morgan fingerprint density at radius 2 is 1.90 bits per heavy atom. The van der Waals surface area contributed by atoms with Crippen molar-refractivity contribution in [2.24, 2.45) is 0 Å². The van der Waals surface area contributed by atoms with E-state index in [2.05, 4.69) is 4.72 Å². The first-order valence-corrected chi connectivity index (χ1v) is 7.84. The van der Waals surface area contributed by atoms with E-state index in [4.69, 9.17) is 17.3 Å². The van der Waals surface area contributed by atoms with Crippen molar-refractivity contribution in [3.63, 3.8) is 0 Å². The SMILES string of the molecule is CC(=O)c1cccc(NS(=O)(=O)c2ccc(Cl)c(N)c2)c1. The number of halogens is 1. The molecule has 0 aliphatic carbocycles. The molecule has 110 valence electrons. The van der Waals surface area contributed by atoms with Crippen LogP contribution in [-0.4, -0.2) is 14.2 Å². The predicted octanol–water partition coefficient (Wildman–Crippen LogP) is 2.93. The van der Waals surface area contributed by atoms with Gasteiger partial charge in [-0.3, -0.25) is 9.52 Å². The summed E-state index contributed by atoms with van der Waals surface area (Å²) in [7, 11) is -3.79. The third-order valence-electron chi connectivity index (χ3n) is 2.80. The summed E-state index contributed by atoms with van der Waals surface area (Å²) in [6, 6.07) is 10.3. The first-order valence-electron chi connectivity index (χ1n) is 5.98. The quantitative estimate of drug-likeness (QED) is 0.668. The van der Waals surface area contributed by atoms with Crippen LogP contribution in [0.3, 0.4) is 0 Å². The maximum atomic E-state index is 12.3. The van der Waals surface area contributed by atoms with Crippen LogP contribution >= 0.6 is 11.6 Å². The van der Waals surface area contributed by atoms with Crippen molar-refractivity contribution in [2.75, 3.05) is 10.5 Å². The Morgan fingerprint density at radius 1 is 1.19 bits per heavy atom. The van der Waals surface area contributed by atoms with Crippen molar-refractivity contribution >= 4 is 38.8 Å². The molecule has 0 unspecified atom stereocenters. The Labute approximate surface area is 127 Å². The molecule has 0 bridgehead atoms. The molecule has 2 rings (SSSR count). The smallest absolute Gasteiger partial charge is 0.261 e. The van der Waals surface area contributed by atoms with E-state index in [1.165, 1.54) is 31.2 Å². The fraction of sp³-hybridized carbons (Fsp3) is 0.0714. The van der Waals surface area contributed by atoms with Gasteiger partial charge < -0.3 is 5.73 Å². The van der Waals surface area contributed by atoms with Crippen LogP contribution in [0.15, 0.2) is 47.4 Å². The van der Waals surface area contributed by atoms with Gasteiger partial charge in [0, 0.05) is 11.3 Å². The summed E-state index contributed by atoms with van der Waals surface area (Å²) in [6.45, 7) is 1.41. The van der Waals surface area contributed by atoms with Crippen LogP contribution in [0.4, 0.5) is 11.4 Å². The molecule has 0 atom stereocenters. The number of carbonyl (C=O) groups excluding carboxylic acids is 1. The molecule has 0 aliphatic heterocycles. The molecule has 0 fully saturated rings. The van der Waals surface area contributed by atoms with Gasteiger partial charge in [-0.2, -0.15) is 0 Å². The second-order valence-electron chi connectivity index (χ2n) is 4.43. The topological polar surface area (TPSA) is 89.3 Å². The second-order valence-corrected chi connectivity index (χ2v) is 6.52. The lowest BCUT2D eigenvalue weighted by molar-refractivity contribution is 0.101. The number of benzene rings is 2. The number of carbonyl (C=O) groups is 1. The molecule has 0 aromatic heterocycles. The maximum absolute atomic E-state index is 12.3. The van der Waals surface area contributed by atoms with Gasteiger partial charge in [0.05, 0.1) is 15.6 Å². The zero-order valence-corrected chi connectivity index (χ0v) is 12.7. The zero-order chi connectivity index (χ0) is 15.6. The number of nitrogens with two attached hydrogens (primary N) is 1. The van der Waals surface area contributed by atoms with Gasteiger partial charge in [0.15, 0.2) is 5.78 Å². The minimum absolute atomic E-state index is 0.00220. The van der Waals surface area contributed by atoms with Crippen molar-refractivity contribution in [1.82, 2.24) is 0 Å². The van der Waals surface area contributed by atoms with Gasteiger partial charge in [0.1, 0.15) is 0 Å². The normalized spacial score (nSPS) is 11.1. The van der Waals surface area contributed by atoms with E-state index in [1.807, 2.05) is 0 Å². The molecule has 0 saturated carbocycles. The molecule has 3 N–H and O–H groups in total. The Hall–Kier alpha value is -2.05. The van der Waals surface area contributed by atoms with Crippen molar-refractivity contribution in [3.05, 3.63) is 53.1 Å². The van der Waals surface area contributed by atoms with Crippen LogP contribution in [0.2, 0.25) is 5.02 Å². The molecule has 2 aromatic rings. The third-order valence-corrected chi connectivity index (χ3v) is 4.52. The number of hydrogen-bond acceptors (Lipinski definition) is 4. The minimum Gasteiger partial charge on any atom is -0.397 e. The lowest BCUT2D eigenvalue weighted by Crippen LogP contribution is -2.13. The molecule has 7 heteroatoms. The number of Topliss-reactive ketones (excluding diaryl/α,β-unsaturated/α-hetero) is 1. The molecule has 0 radical (unpaired) electrons. The van der Waals surface area contributed by atoms with Gasteiger partial charge in [-0.1, -0.05) is 23.7 Å². The van der Waals surface area contributed by atoms with Crippen molar-refractivity contribution in [2.45, 2.75) is 11.8 Å². The Morgan fingerprint density at radius 3 is 2.52 bits per heavy atom. The Balaban J connectivity index is 2.35. The number of rotatable bonds is 4. The van der Waals surface area contributed by atoms with E-state index >= 15 is 0 Å². The number of anilines is 2. The van der Waals surface area contributed by atoms with Gasteiger partial charge in [0.2, 0.25) is 0 Å². The Kier molecular flexibility index (Phi) is 4.20. The average Bonchev–Trinajstić information content (AvgIpc) is 2.41. The number of hydrogen-bond donors (Lipinski definition) is 2. The second kappa shape index (κ2) is 5.75. The molecular weight excluding hydrogens is 312 g/mol. The summed E-state index contributed by atoms with van der Waals surface area (Å²) < 4.78 is 26.9. The van der Waals surface area contributed by atoms with Gasteiger partial charge in [-0.15, -0.1) is 0 Å². The van der Waals surface area contributed by atoms with E-state index in [0.29, 0.717) is 11.3 Å². The van der Waals surface area contributed by atoms with Gasteiger partial charge >= 0.3 is 0 Å². The molecule has 0 heterocycles. The molecule has 21 heavy (non-hydrogen) atoms. The van der Waals surface area contributed by atoms with Crippen molar-refractivity contribution in [3.8, 4) is 0 Å². The lowest BCUT2D eigenvalue weighted by Gasteiger charge is -2.10. The van der Waals surface area contributed by atoms with Crippen LogP contribution in [0.1, 0.15) is 17.3 Å². The summed E-state index contributed by atoms with van der Waals surface area (Å²) in [5.74, 6) is -0.146. The third kappa shape index (κ3) is 3.53. The summed E-state index contributed by atoms with van der Waals surface area (Å²) in [5.41, 5.74) is 6.51. The molecule has 0 amide bonds. The monoisotopic (exact) mass is 324 g/mol. The highest BCUT2D eigenvalue weighted by Gasteiger charge is 2.15. The van der Waals surface area contributed by atoms with E-state index in [1.54, 1.807) is 18.2 Å². The van der Waals surface area contributed by atoms with E-state index in [-0.39, 0.29) is 21.4 Å². The fourth-order valence-electron chi connectivity index (χ4n) is 1.70. The number of nitrogen functional groups attached to an aromatic ring is 1. The zero-order valence-electron chi connectivity index (χ0n) is 11.1. The highest BCUT2D eigenvalue weighted by atomic mass is 35.5. The van der Waals surface area contributed by atoms with Crippen molar-refractivity contribution < 1.29 is 13.2 Å². The molecule has 5 nitrogen and oxygen atoms in total. The molecule has 0 aliphatic rings. The van der Waals surface area contributed by atoms with E-state index in [9.17, 15) is 13.2 Å². The largest absolute Gasteiger partial charge is 0.397 e. The minimum atomic E-state index is -3.79. The molecule has 0 spiro atoms. The molecule has 2 aromatic carbocycles. The van der Waals surface area contributed by atoms with Gasteiger partial charge in [-0.25, -0.2) is 8.42 Å². The molecular formula is C14H13ClN2O3S. The van der Waals surface area contributed by atoms with Crippen LogP contribution in [-0.2, 0) is 10.0 Å². The van der Waals surface area contributed by atoms with Crippen LogP contribution in [0.5, 0.6) is 0 Å². The maximum Gasteiger partial charge on any atom is 0.261 e. The first kappa shape index (κ1) is 15.3. The summed E-state index contributed by atoms with van der Waals surface area (Å²) in [5, 5.41) is 0.285. The Bertz CT molecular complexity index is 804. The highest BCUT2D eigenvalue weighted by Crippen LogP contribution is 2.24. The average molecular weight is 325 g/mol. The van der Waals surface area contributed by atoms with Crippen molar-refractivity contribution in [1.29, 1.82) is 0 Å². The standard InChI is InChI=1S/C14H13ClN2O3S/c1-9(18)10-3-2-4-11(7-10)17-21(19,20)12-5-6-13(15)14(16)8-12/h2-8,17H,16H2,1H3. The predicted molar refractivity (Wildman–Crippen MR) is 83.1 cm³/mol. The molecule has 0 saturated heterocycles. The number of ketones is 1. The highest BCUT2D eigenvalue weighted by molar-refractivity contribution is 7.92. The van der Waals surface area contributed by atoms with Gasteiger partial charge in [0.25, 0.3) is 10.0 Å².